The van der Waals surface area contributed by atoms with E-state index in [-0.39, 0.29) is 21.2 Å². The molecule has 0 aliphatic carbocycles. The van der Waals surface area contributed by atoms with E-state index >= 15 is 0 Å². The fourth-order valence-electron chi connectivity index (χ4n) is 3.03. The van der Waals surface area contributed by atoms with Crippen molar-refractivity contribution in [3.8, 4) is 11.3 Å². The van der Waals surface area contributed by atoms with Crippen LogP contribution in [0, 0.1) is 5.82 Å². The minimum atomic E-state index is -4.02. The number of hydrogen-bond donors (Lipinski definition) is 0. The first-order valence-electron chi connectivity index (χ1n) is 8.85. The molecule has 0 aliphatic heterocycles. The third-order valence-corrected chi connectivity index (χ3v) is 6.33. The summed E-state index contributed by atoms with van der Waals surface area (Å²) in [6.07, 6.45) is 1.20. The van der Waals surface area contributed by atoms with Crippen LogP contribution >= 0.6 is 0 Å². The first kappa shape index (κ1) is 19.7. The van der Waals surface area contributed by atoms with Crippen LogP contribution in [0.15, 0.2) is 82.7 Å². The Morgan fingerprint density at radius 3 is 2.47 bits per heavy atom. The molecule has 150 valence electrons. The van der Waals surface area contributed by atoms with E-state index in [1.165, 1.54) is 49.7 Å². The lowest BCUT2D eigenvalue weighted by atomic mass is 10.1. The molecule has 6 nitrogen and oxygen atoms in total. The van der Waals surface area contributed by atoms with Gasteiger partial charge in [0.2, 0.25) is 9.84 Å². The van der Waals surface area contributed by atoms with Gasteiger partial charge in [0.15, 0.2) is 5.65 Å². The lowest BCUT2D eigenvalue weighted by molar-refractivity contribution is 0.0596. The van der Waals surface area contributed by atoms with E-state index in [2.05, 4.69) is 14.7 Å². The molecule has 2 heterocycles. The Morgan fingerprint density at radius 2 is 1.73 bits per heavy atom. The predicted octanol–water partition coefficient (Wildman–Crippen LogP) is 4.06. The number of aromatic nitrogens is 2. The Bertz CT molecular complexity index is 1370. The normalized spacial score (nSPS) is 11.4. The van der Waals surface area contributed by atoms with Crippen molar-refractivity contribution in [3.63, 3.8) is 0 Å². The highest BCUT2D eigenvalue weighted by Crippen LogP contribution is 2.27. The van der Waals surface area contributed by atoms with Crippen LogP contribution < -0.4 is 0 Å². The van der Waals surface area contributed by atoms with Crippen molar-refractivity contribution in [1.82, 2.24) is 9.97 Å². The standard InChI is InChI=1S/C22H15FN2O4S/c1-29-22(26)18-4-2-3-5-20(18)30(27,28)17-12-15-8-11-19(25-21(15)24-13-17)14-6-9-16(23)10-7-14/h2-13H,1H3. The summed E-state index contributed by atoms with van der Waals surface area (Å²) >= 11 is 0. The number of carbonyl (C=O) groups is 1. The maximum atomic E-state index is 13.1. The van der Waals surface area contributed by atoms with Crippen molar-refractivity contribution in [2.24, 2.45) is 0 Å². The largest absolute Gasteiger partial charge is 0.465 e. The highest BCUT2D eigenvalue weighted by molar-refractivity contribution is 7.91. The quantitative estimate of drug-likeness (QED) is 0.461. The molecule has 4 aromatic rings. The number of hydrogen-bond acceptors (Lipinski definition) is 6. The first-order valence-corrected chi connectivity index (χ1v) is 10.3. The van der Waals surface area contributed by atoms with Crippen molar-refractivity contribution < 1.29 is 22.3 Å². The molecule has 0 spiro atoms. The molecular formula is C22H15FN2O4S. The van der Waals surface area contributed by atoms with Crippen LogP contribution in [0.4, 0.5) is 4.39 Å². The molecule has 0 aliphatic rings. The third-order valence-electron chi connectivity index (χ3n) is 4.55. The van der Waals surface area contributed by atoms with Gasteiger partial charge in [-0.3, -0.25) is 0 Å². The van der Waals surface area contributed by atoms with Gasteiger partial charge < -0.3 is 4.74 Å². The number of nitrogens with zero attached hydrogens (tertiary/aromatic N) is 2. The van der Waals surface area contributed by atoms with Gasteiger partial charge in [0.1, 0.15) is 5.82 Å². The zero-order valence-electron chi connectivity index (χ0n) is 15.7. The van der Waals surface area contributed by atoms with E-state index in [0.717, 1.165) is 0 Å². The van der Waals surface area contributed by atoms with E-state index in [4.69, 9.17) is 0 Å². The fraction of sp³-hybridized carbons (Fsp3) is 0.0455. The van der Waals surface area contributed by atoms with E-state index < -0.39 is 15.8 Å². The van der Waals surface area contributed by atoms with Crippen molar-refractivity contribution in [1.29, 1.82) is 0 Å². The molecule has 0 saturated carbocycles. The van der Waals surface area contributed by atoms with Gasteiger partial charge in [0.05, 0.1) is 28.2 Å². The summed E-state index contributed by atoms with van der Waals surface area (Å²) in [6, 6.07) is 16.6. The molecule has 0 N–H and O–H groups in total. The summed E-state index contributed by atoms with van der Waals surface area (Å²) in [5.41, 5.74) is 1.59. The minimum Gasteiger partial charge on any atom is -0.465 e. The van der Waals surface area contributed by atoms with Crippen LogP contribution in [-0.4, -0.2) is 31.5 Å². The number of carbonyl (C=O) groups excluding carboxylic acids is 1. The Morgan fingerprint density at radius 1 is 1.00 bits per heavy atom. The molecule has 0 unspecified atom stereocenters. The molecule has 30 heavy (non-hydrogen) atoms. The van der Waals surface area contributed by atoms with E-state index in [9.17, 15) is 17.6 Å². The van der Waals surface area contributed by atoms with E-state index in [1.807, 2.05) is 0 Å². The van der Waals surface area contributed by atoms with Crippen LogP contribution in [0.5, 0.6) is 0 Å². The number of esters is 1. The summed E-state index contributed by atoms with van der Waals surface area (Å²) in [6.45, 7) is 0. The number of benzene rings is 2. The van der Waals surface area contributed by atoms with Gasteiger partial charge in [-0.15, -0.1) is 0 Å². The Balaban J connectivity index is 1.78. The van der Waals surface area contributed by atoms with Gasteiger partial charge in [-0.1, -0.05) is 12.1 Å². The lowest BCUT2D eigenvalue weighted by Crippen LogP contribution is -2.11. The molecule has 0 atom stereocenters. The third kappa shape index (κ3) is 3.53. The second-order valence-electron chi connectivity index (χ2n) is 6.41. The van der Waals surface area contributed by atoms with E-state index in [0.29, 0.717) is 22.3 Å². The van der Waals surface area contributed by atoms with Gasteiger partial charge in [0.25, 0.3) is 0 Å². The summed E-state index contributed by atoms with van der Waals surface area (Å²) in [7, 11) is -2.83. The molecule has 0 saturated heterocycles. The Kier molecular flexibility index (Phi) is 5.01. The zero-order valence-corrected chi connectivity index (χ0v) is 16.6. The van der Waals surface area contributed by atoms with Crippen molar-refractivity contribution in [2.45, 2.75) is 9.79 Å². The van der Waals surface area contributed by atoms with Crippen LogP contribution in [0.25, 0.3) is 22.3 Å². The van der Waals surface area contributed by atoms with Crippen molar-refractivity contribution in [2.75, 3.05) is 7.11 Å². The molecule has 8 heteroatoms. The Labute approximate surface area is 171 Å². The molecule has 0 bridgehead atoms. The molecule has 0 amide bonds. The summed E-state index contributed by atoms with van der Waals surface area (Å²) < 4.78 is 44.1. The maximum absolute atomic E-state index is 13.1. The van der Waals surface area contributed by atoms with Gasteiger partial charge in [-0.2, -0.15) is 0 Å². The van der Waals surface area contributed by atoms with Crippen LogP contribution in [-0.2, 0) is 14.6 Å². The molecule has 0 fully saturated rings. The highest BCUT2D eigenvalue weighted by atomic mass is 32.2. The number of methoxy groups -OCH3 is 1. The van der Waals surface area contributed by atoms with Gasteiger partial charge in [0, 0.05) is 17.1 Å². The number of fused-ring (bicyclic) bond motifs is 1. The fourth-order valence-corrected chi connectivity index (χ4v) is 4.45. The number of pyridine rings is 2. The number of rotatable bonds is 4. The lowest BCUT2D eigenvalue weighted by Gasteiger charge is -2.10. The molecule has 4 rings (SSSR count). The summed E-state index contributed by atoms with van der Waals surface area (Å²) in [5, 5.41) is 0.512. The topological polar surface area (TPSA) is 86.2 Å². The number of ether oxygens (including phenoxy) is 1. The number of sulfone groups is 1. The van der Waals surface area contributed by atoms with Gasteiger partial charge in [-0.25, -0.2) is 27.6 Å². The highest BCUT2D eigenvalue weighted by Gasteiger charge is 2.25. The van der Waals surface area contributed by atoms with Crippen LogP contribution in [0.2, 0.25) is 0 Å². The molecular weight excluding hydrogens is 407 g/mol. The van der Waals surface area contributed by atoms with Crippen LogP contribution in [0.1, 0.15) is 10.4 Å². The second kappa shape index (κ2) is 7.64. The van der Waals surface area contributed by atoms with Crippen molar-refractivity contribution >= 4 is 26.8 Å². The monoisotopic (exact) mass is 422 g/mol. The van der Waals surface area contributed by atoms with Gasteiger partial charge >= 0.3 is 5.97 Å². The van der Waals surface area contributed by atoms with Crippen molar-refractivity contribution in [3.05, 3.63) is 84.3 Å². The smallest absolute Gasteiger partial charge is 0.339 e. The van der Waals surface area contributed by atoms with Gasteiger partial charge in [-0.05, 0) is 54.6 Å². The minimum absolute atomic E-state index is 0.0510. The second-order valence-corrected chi connectivity index (χ2v) is 8.33. The zero-order chi connectivity index (χ0) is 21.3. The average molecular weight is 422 g/mol. The average Bonchev–Trinajstić information content (AvgIpc) is 2.78. The number of halogens is 1. The molecule has 2 aromatic heterocycles. The molecule has 0 radical (unpaired) electrons. The molecule has 2 aromatic carbocycles. The van der Waals surface area contributed by atoms with E-state index in [1.54, 1.807) is 30.3 Å². The maximum Gasteiger partial charge on any atom is 0.339 e. The SMILES string of the molecule is COC(=O)c1ccccc1S(=O)(=O)c1cnc2nc(-c3ccc(F)cc3)ccc2c1. The van der Waals surface area contributed by atoms with Crippen LogP contribution in [0.3, 0.4) is 0 Å². The Hall–Kier alpha value is -3.65. The first-order chi connectivity index (χ1) is 14.4. The predicted molar refractivity (Wildman–Crippen MR) is 108 cm³/mol. The summed E-state index contributed by atoms with van der Waals surface area (Å²) in [4.78, 5) is 20.4. The summed E-state index contributed by atoms with van der Waals surface area (Å²) in [5.74, 6) is -1.09.